The van der Waals surface area contributed by atoms with Gasteiger partial charge in [0.1, 0.15) is 22.7 Å². The van der Waals surface area contributed by atoms with Crippen molar-refractivity contribution in [1.82, 2.24) is 5.32 Å². The van der Waals surface area contributed by atoms with E-state index in [-0.39, 0.29) is 17.4 Å². The number of carbonyl (C=O) groups is 1. The number of amides is 1. The summed E-state index contributed by atoms with van der Waals surface area (Å²) < 4.78 is 23.3. The number of nitrogens with one attached hydrogen (secondary N) is 1. The van der Waals surface area contributed by atoms with Gasteiger partial charge in [-0.2, -0.15) is 0 Å². The minimum Gasteiger partial charge on any atom is -0.497 e. The minimum absolute atomic E-state index is 0.0911. The molecule has 0 saturated heterocycles. The second-order valence-corrected chi connectivity index (χ2v) is 5.60. The van der Waals surface area contributed by atoms with Gasteiger partial charge in [0.15, 0.2) is 0 Å². The molecule has 0 saturated carbocycles. The predicted octanol–water partition coefficient (Wildman–Crippen LogP) is 3.43. The number of rotatable bonds is 4. The summed E-state index contributed by atoms with van der Waals surface area (Å²) in [5.41, 5.74) is 0.244. The summed E-state index contributed by atoms with van der Waals surface area (Å²) >= 11 is 0. The number of hydrogen-bond donors (Lipinski definition) is 1. The first-order chi connectivity index (χ1) is 12.0. The summed E-state index contributed by atoms with van der Waals surface area (Å²) in [4.78, 5) is 24.5. The molecule has 3 rings (SSSR count). The van der Waals surface area contributed by atoms with Crippen LogP contribution in [-0.2, 0) is 0 Å². The van der Waals surface area contributed by atoms with Crippen LogP contribution in [0.1, 0.15) is 28.9 Å². The zero-order chi connectivity index (χ0) is 18.0. The highest BCUT2D eigenvalue weighted by molar-refractivity contribution is 5.96. The molecule has 3 aromatic rings. The molecule has 1 heterocycles. The van der Waals surface area contributed by atoms with Gasteiger partial charge in [-0.15, -0.1) is 0 Å². The summed E-state index contributed by atoms with van der Waals surface area (Å²) in [5, 5.41) is 3.33. The number of halogens is 1. The van der Waals surface area contributed by atoms with Gasteiger partial charge in [0, 0.05) is 11.5 Å². The molecular weight excluding hydrogens is 325 g/mol. The van der Waals surface area contributed by atoms with E-state index in [4.69, 9.17) is 9.15 Å². The molecule has 1 unspecified atom stereocenters. The van der Waals surface area contributed by atoms with Crippen LogP contribution in [-0.4, -0.2) is 13.0 Å². The van der Waals surface area contributed by atoms with Gasteiger partial charge in [0.2, 0.25) is 0 Å². The fourth-order valence-corrected chi connectivity index (χ4v) is 2.49. The Morgan fingerprint density at radius 3 is 2.56 bits per heavy atom. The van der Waals surface area contributed by atoms with Crippen LogP contribution < -0.4 is 15.7 Å². The zero-order valence-corrected chi connectivity index (χ0v) is 13.7. The first-order valence-electron chi connectivity index (χ1n) is 7.66. The number of carbonyl (C=O) groups excluding carboxylic acids is 1. The van der Waals surface area contributed by atoms with Gasteiger partial charge in [-0.25, -0.2) is 9.18 Å². The maximum Gasteiger partial charge on any atom is 0.349 e. The van der Waals surface area contributed by atoms with Crippen molar-refractivity contribution in [3.8, 4) is 5.75 Å². The molecule has 0 spiro atoms. The Morgan fingerprint density at radius 1 is 1.16 bits per heavy atom. The van der Waals surface area contributed by atoms with E-state index in [0.29, 0.717) is 16.7 Å². The summed E-state index contributed by atoms with van der Waals surface area (Å²) in [6, 6.07) is 11.9. The van der Waals surface area contributed by atoms with Crippen LogP contribution in [0, 0.1) is 5.82 Å². The second-order valence-electron chi connectivity index (χ2n) is 5.60. The average Bonchev–Trinajstić information content (AvgIpc) is 2.60. The van der Waals surface area contributed by atoms with Crippen molar-refractivity contribution in [1.29, 1.82) is 0 Å². The molecule has 6 heteroatoms. The van der Waals surface area contributed by atoms with E-state index < -0.39 is 11.5 Å². The van der Waals surface area contributed by atoms with E-state index in [1.165, 1.54) is 25.3 Å². The average molecular weight is 341 g/mol. The highest BCUT2D eigenvalue weighted by atomic mass is 19.1. The smallest absolute Gasteiger partial charge is 0.349 e. The van der Waals surface area contributed by atoms with Crippen molar-refractivity contribution in [2.24, 2.45) is 0 Å². The SMILES string of the molecule is COc1ccc2cc(C(=O)NC(C)c3ccc(F)cc3)c(=O)oc2c1. The standard InChI is InChI=1S/C19H16FNO4/c1-11(12-3-6-14(20)7-4-12)21-18(22)16-9-13-5-8-15(24-2)10-17(13)25-19(16)23/h3-11H,1-2H3,(H,21,22). The van der Waals surface area contributed by atoms with Crippen LogP contribution in [0.25, 0.3) is 11.0 Å². The highest BCUT2D eigenvalue weighted by Gasteiger charge is 2.17. The van der Waals surface area contributed by atoms with Crippen LogP contribution in [0.3, 0.4) is 0 Å². The maximum atomic E-state index is 13.0. The molecule has 0 fully saturated rings. The van der Waals surface area contributed by atoms with Gasteiger partial charge >= 0.3 is 5.63 Å². The number of fused-ring (bicyclic) bond motifs is 1. The third-order valence-corrected chi connectivity index (χ3v) is 3.91. The van der Waals surface area contributed by atoms with Crippen molar-refractivity contribution in [2.75, 3.05) is 7.11 Å². The summed E-state index contributed by atoms with van der Waals surface area (Å²) in [6.07, 6.45) is 0. The molecule has 128 valence electrons. The summed E-state index contributed by atoms with van der Waals surface area (Å²) in [5.74, 6) is -0.353. The van der Waals surface area contributed by atoms with Crippen LogP contribution in [0.2, 0.25) is 0 Å². The van der Waals surface area contributed by atoms with Gasteiger partial charge in [0.05, 0.1) is 13.2 Å². The van der Waals surface area contributed by atoms with Crippen LogP contribution >= 0.6 is 0 Å². The fourth-order valence-electron chi connectivity index (χ4n) is 2.49. The molecule has 2 aromatic carbocycles. The number of benzene rings is 2. The van der Waals surface area contributed by atoms with Gasteiger partial charge in [-0.3, -0.25) is 4.79 Å². The Hall–Kier alpha value is -3.15. The van der Waals surface area contributed by atoms with Crippen molar-refractivity contribution in [3.05, 3.63) is 75.9 Å². The van der Waals surface area contributed by atoms with Crippen LogP contribution in [0.5, 0.6) is 5.75 Å². The predicted molar refractivity (Wildman–Crippen MR) is 91.3 cm³/mol. The van der Waals surface area contributed by atoms with Gasteiger partial charge < -0.3 is 14.5 Å². The molecule has 1 N–H and O–H groups in total. The molecule has 0 aliphatic heterocycles. The van der Waals surface area contributed by atoms with Gasteiger partial charge in [-0.1, -0.05) is 12.1 Å². The molecule has 1 aromatic heterocycles. The molecule has 5 nitrogen and oxygen atoms in total. The molecular formula is C19H16FNO4. The van der Waals surface area contributed by atoms with Crippen LogP contribution in [0.15, 0.2) is 57.7 Å². The minimum atomic E-state index is -0.732. The molecule has 0 aliphatic rings. The van der Waals surface area contributed by atoms with Crippen molar-refractivity contribution < 1.29 is 18.3 Å². The third-order valence-electron chi connectivity index (χ3n) is 3.91. The maximum absolute atomic E-state index is 13.0. The van der Waals surface area contributed by atoms with Gasteiger partial charge in [0.25, 0.3) is 5.91 Å². The van der Waals surface area contributed by atoms with E-state index >= 15 is 0 Å². The molecule has 25 heavy (non-hydrogen) atoms. The van der Waals surface area contributed by atoms with E-state index in [9.17, 15) is 14.0 Å². The summed E-state index contributed by atoms with van der Waals surface area (Å²) in [7, 11) is 1.51. The second kappa shape index (κ2) is 6.76. The fraction of sp³-hybridized carbons (Fsp3) is 0.158. The van der Waals surface area contributed by atoms with E-state index in [1.807, 2.05) is 0 Å². The Balaban J connectivity index is 1.87. The van der Waals surface area contributed by atoms with Crippen molar-refractivity contribution in [3.63, 3.8) is 0 Å². The lowest BCUT2D eigenvalue weighted by molar-refractivity contribution is 0.0936. The van der Waals surface area contributed by atoms with Gasteiger partial charge in [-0.05, 0) is 42.8 Å². The molecule has 0 aliphatic carbocycles. The quantitative estimate of drug-likeness (QED) is 0.738. The molecule has 1 atom stereocenters. The number of ether oxygens (including phenoxy) is 1. The van der Waals surface area contributed by atoms with Crippen molar-refractivity contribution >= 4 is 16.9 Å². The Kier molecular flexibility index (Phi) is 4.52. The largest absolute Gasteiger partial charge is 0.497 e. The Morgan fingerprint density at radius 2 is 1.88 bits per heavy atom. The number of hydrogen-bond acceptors (Lipinski definition) is 4. The number of methoxy groups -OCH3 is 1. The molecule has 0 bridgehead atoms. The Bertz CT molecular complexity index is 979. The lowest BCUT2D eigenvalue weighted by Crippen LogP contribution is -2.30. The lowest BCUT2D eigenvalue weighted by atomic mass is 10.1. The summed E-state index contributed by atoms with van der Waals surface area (Å²) in [6.45, 7) is 1.75. The van der Waals surface area contributed by atoms with Crippen molar-refractivity contribution in [2.45, 2.75) is 13.0 Å². The normalized spacial score (nSPS) is 12.0. The van der Waals surface area contributed by atoms with E-state index in [1.54, 1.807) is 37.3 Å². The molecule has 0 radical (unpaired) electrons. The monoisotopic (exact) mass is 341 g/mol. The van der Waals surface area contributed by atoms with E-state index in [2.05, 4.69) is 5.32 Å². The third kappa shape index (κ3) is 3.52. The first-order valence-corrected chi connectivity index (χ1v) is 7.66. The molecule has 1 amide bonds. The van der Waals surface area contributed by atoms with Crippen LogP contribution in [0.4, 0.5) is 4.39 Å². The topological polar surface area (TPSA) is 68.5 Å². The lowest BCUT2D eigenvalue weighted by Gasteiger charge is -2.14. The zero-order valence-electron chi connectivity index (χ0n) is 13.7. The first kappa shape index (κ1) is 16.7. The highest BCUT2D eigenvalue weighted by Crippen LogP contribution is 2.20. The Labute approximate surface area is 143 Å². The van der Waals surface area contributed by atoms with E-state index in [0.717, 1.165) is 5.56 Å².